The van der Waals surface area contributed by atoms with Gasteiger partial charge in [0.25, 0.3) is 0 Å². The number of anilines is 1. The fourth-order valence-electron chi connectivity index (χ4n) is 2.00. The van der Waals surface area contributed by atoms with Crippen molar-refractivity contribution in [3.05, 3.63) is 24.3 Å². The van der Waals surface area contributed by atoms with E-state index in [1.165, 1.54) is 24.9 Å². The van der Waals surface area contributed by atoms with Gasteiger partial charge in [-0.3, -0.25) is 0 Å². The van der Waals surface area contributed by atoms with Crippen LogP contribution in [0.2, 0.25) is 0 Å². The monoisotopic (exact) mass is 248 g/mol. The van der Waals surface area contributed by atoms with Crippen molar-refractivity contribution in [3.63, 3.8) is 0 Å². The molecule has 0 atom stereocenters. The van der Waals surface area contributed by atoms with Gasteiger partial charge in [0, 0.05) is 24.8 Å². The van der Waals surface area contributed by atoms with Gasteiger partial charge < -0.3 is 15.0 Å². The summed E-state index contributed by atoms with van der Waals surface area (Å²) >= 11 is 0. The maximum absolute atomic E-state index is 5.72. The van der Waals surface area contributed by atoms with Crippen LogP contribution < -0.4 is 10.1 Å². The van der Waals surface area contributed by atoms with Crippen LogP contribution in [-0.2, 0) is 0 Å². The summed E-state index contributed by atoms with van der Waals surface area (Å²) < 4.78 is 5.72. The standard InChI is InChI=1S/C15H24N2O/c1-17(2)9-10-18-15-8-4-7-14(11-15)16-12-13-5-3-6-13/h4,7-8,11,13,16H,3,5-6,9-10,12H2,1-2H3. The Balaban J connectivity index is 1.76. The zero-order valence-electron chi connectivity index (χ0n) is 11.5. The Morgan fingerprint density at radius 3 is 2.83 bits per heavy atom. The largest absolute Gasteiger partial charge is 0.492 e. The van der Waals surface area contributed by atoms with Gasteiger partial charge in [-0.1, -0.05) is 12.5 Å². The molecule has 0 aliphatic heterocycles. The third kappa shape index (κ3) is 4.22. The summed E-state index contributed by atoms with van der Waals surface area (Å²) in [7, 11) is 4.11. The van der Waals surface area contributed by atoms with E-state index in [-0.39, 0.29) is 0 Å². The zero-order valence-corrected chi connectivity index (χ0v) is 11.5. The quantitative estimate of drug-likeness (QED) is 0.803. The van der Waals surface area contributed by atoms with Crippen LogP contribution in [0.15, 0.2) is 24.3 Å². The smallest absolute Gasteiger partial charge is 0.121 e. The molecule has 1 aromatic carbocycles. The van der Waals surface area contributed by atoms with Gasteiger partial charge in [0.05, 0.1) is 0 Å². The molecule has 0 aromatic heterocycles. The number of nitrogens with one attached hydrogen (secondary N) is 1. The second-order valence-electron chi connectivity index (χ2n) is 5.36. The molecule has 2 rings (SSSR count). The highest BCUT2D eigenvalue weighted by atomic mass is 16.5. The van der Waals surface area contributed by atoms with E-state index in [0.29, 0.717) is 0 Å². The molecule has 0 spiro atoms. The number of ether oxygens (including phenoxy) is 1. The van der Waals surface area contributed by atoms with Gasteiger partial charge in [0.15, 0.2) is 0 Å². The maximum Gasteiger partial charge on any atom is 0.121 e. The average Bonchev–Trinajstić information content (AvgIpc) is 2.27. The normalized spacial score (nSPS) is 15.5. The number of hydrogen-bond acceptors (Lipinski definition) is 3. The lowest BCUT2D eigenvalue weighted by Crippen LogP contribution is -2.21. The van der Waals surface area contributed by atoms with Crippen molar-refractivity contribution in [2.45, 2.75) is 19.3 Å². The van der Waals surface area contributed by atoms with Crippen LogP contribution in [0.4, 0.5) is 5.69 Å². The van der Waals surface area contributed by atoms with Crippen LogP contribution in [0, 0.1) is 5.92 Å². The predicted octanol–water partition coefficient (Wildman–Crippen LogP) is 2.84. The molecule has 1 aliphatic rings. The van der Waals surface area contributed by atoms with Crippen LogP contribution in [0.1, 0.15) is 19.3 Å². The molecular formula is C15H24N2O. The van der Waals surface area contributed by atoms with E-state index in [1.54, 1.807) is 0 Å². The van der Waals surface area contributed by atoms with Gasteiger partial charge in [0.2, 0.25) is 0 Å². The molecule has 1 aliphatic carbocycles. The molecule has 0 unspecified atom stereocenters. The summed E-state index contributed by atoms with van der Waals surface area (Å²) in [4.78, 5) is 2.12. The number of rotatable bonds is 7. The van der Waals surface area contributed by atoms with Gasteiger partial charge in [0.1, 0.15) is 12.4 Å². The minimum atomic E-state index is 0.735. The van der Waals surface area contributed by atoms with E-state index in [4.69, 9.17) is 4.74 Å². The van der Waals surface area contributed by atoms with E-state index >= 15 is 0 Å². The third-order valence-electron chi connectivity index (χ3n) is 3.46. The topological polar surface area (TPSA) is 24.5 Å². The number of hydrogen-bond donors (Lipinski definition) is 1. The highest BCUT2D eigenvalue weighted by Crippen LogP contribution is 2.27. The third-order valence-corrected chi connectivity index (χ3v) is 3.46. The summed E-state index contributed by atoms with van der Waals surface area (Å²) in [5.74, 6) is 1.83. The fraction of sp³-hybridized carbons (Fsp3) is 0.600. The molecule has 1 saturated carbocycles. The SMILES string of the molecule is CN(C)CCOc1cccc(NCC2CCC2)c1. The molecular weight excluding hydrogens is 224 g/mol. The molecule has 1 fully saturated rings. The van der Waals surface area contributed by atoms with Crippen molar-refractivity contribution in [2.24, 2.45) is 5.92 Å². The lowest BCUT2D eigenvalue weighted by molar-refractivity contribution is 0.261. The Labute approximate surface area is 110 Å². The van der Waals surface area contributed by atoms with Crippen LogP contribution in [-0.4, -0.2) is 38.7 Å². The summed E-state index contributed by atoms with van der Waals surface area (Å²) in [5, 5.41) is 3.50. The molecule has 0 heterocycles. The minimum Gasteiger partial charge on any atom is -0.492 e. The Bertz CT molecular complexity index is 361. The highest BCUT2D eigenvalue weighted by molar-refractivity contribution is 5.48. The lowest BCUT2D eigenvalue weighted by Gasteiger charge is -2.25. The van der Waals surface area contributed by atoms with E-state index in [9.17, 15) is 0 Å². The Hall–Kier alpha value is -1.22. The lowest BCUT2D eigenvalue weighted by atomic mass is 9.85. The van der Waals surface area contributed by atoms with E-state index < -0.39 is 0 Å². The van der Waals surface area contributed by atoms with Crippen molar-refractivity contribution in [2.75, 3.05) is 39.1 Å². The van der Waals surface area contributed by atoms with E-state index in [1.807, 2.05) is 12.1 Å². The average molecular weight is 248 g/mol. The highest BCUT2D eigenvalue weighted by Gasteiger charge is 2.16. The van der Waals surface area contributed by atoms with Crippen molar-refractivity contribution in [1.29, 1.82) is 0 Å². The van der Waals surface area contributed by atoms with Gasteiger partial charge in [-0.15, -0.1) is 0 Å². The first-order chi connectivity index (χ1) is 8.74. The van der Waals surface area contributed by atoms with Crippen LogP contribution >= 0.6 is 0 Å². The zero-order chi connectivity index (χ0) is 12.8. The molecule has 1 aromatic rings. The van der Waals surface area contributed by atoms with Gasteiger partial charge in [-0.25, -0.2) is 0 Å². The number of benzene rings is 1. The second-order valence-corrected chi connectivity index (χ2v) is 5.36. The van der Waals surface area contributed by atoms with Crippen molar-refractivity contribution < 1.29 is 4.74 Å². The number of nitrogens with zero attached hydrogens (tertiary/aromatic N) is 1. The number of likely N-dealkylation sites (N-methyl/N-ethyl adjacent to an activating group) is 1. The fourth-order valence-corrected chi connectivity index (χ4v) is 2.00. The van der Waals surface area contributed by atoms with Crippen molar-refractivity contribution in [3.8, 4) is 5.75 Å². The van der Waals surface area contributed by atoms with Gasteiger partial charge in [-0.2, -0.15) is 0 Å². The second kappa shape index (κ2) is 6.64. The van der Waals surface area contributed by atoms with E-state index in [0.717, 1.165) is 31.4 Å². The molecule has 0 radical (unpaired) electrons. The minimum absolute atomic E-state index is 0.735. The first-order valence-electron chi connectivity index (χ1n) is 6.85. The Kier molecular flexibility index (Phi) is 4.88. The molecule has 3 heteroatoms. The molecule has 18 heavy (non-hydrogen) atoms. The summed E-state index contributed by atoms with van der Waals surface area (Å²) in [5.41, 5.74) is 1.17. The van der Waals surface area contributed by atoms with Crippen molar-refractivity contribution >= 4 is 5.69 Å². The summed E-state index contributed by atoms with van der Waals surface area (Å²) in [6.45, 7) is 2.78. The molecule has 1 N–H and O–H groups in total. The van der Waals surface area contributed by atoms with Gasteiger partial charge >= 0.3 is 0 Å². The summed E-state index contributed by atoms with van der Waals surface area (Å²) in [6, 6.07) is 8.27. The van der Waals surface area contributed by atoms with Crippen molar-refractivity contribution in [1.82, 2.24) is 4.90 Å². The van der Waals surface area contributed by atoms with E-state index in [2.05, 4.69) is 36.4 Å². The molecule has 0 saturated heterocycles. The van der Waals surface area contributed by atoms with Crippen LogP contribution in [0.5, 0.6) is 5.75 Å². The van der Waals surface area contributed by atoms with Gasteiger partial charge in [-0.05, 0) is 45.0 Å². The summed E-state index contributed by atoms with van der Waals surface area (Å²) in [6.07, 6.45) is 4.16. The molecule has 0 bridgehead atoms. The molecule has 3 nitrogen and oxygen atoms in total. The molecule has 100 valence electrons. The Morgan fingerprint density at radius 1 is 1.33 bits per heavy atom. The first-order valence-corrected chi connectivity index (χ1v) is 6.85. The Morgan fingerprint density at radius 2 is 2.17 bits per heavy atom. The first kappa shape index (κ1) is 13.2. The van der Waals surface area contributed by atoms with Crippen LogP contribution in [0.25, 0.3) is 0 Å². The van der Waals surface area contributed by atoms with Crippen LogP contribution in [0.3, 0.4) is 0 Å². The molecule has 0 amide bonds. The maximum atomic E-state index is 5.72. The predicted molar refractivity (Wildman–Crippen MR) is 76.3 cm³/mol.